The number of rotatable bonds is 3. The number of hydrogen-bond acceptors (Lipinski definition) is 19. The van der Waals surface area contributed by atoms with Gasteiger partial charge < -0.3 is 47.4 Å². The number of nitrogens with zero attached hydrogens (tertiary/aromatic N) is 9. The molecule has 0 atom stereocenters. The molecule has 0 aromatic heterocycles. The number of hydrogen-bond donors (Lipinski definition) is 0. The van der Waals surface area contributed by atoms with Crippen molar-refractivity contribution in [3.05, 3.63) is 326 Å². The van der Waals surface area contributed by atoms with E-state index in [2.05, 4.69) is 251 Å². The lowest BCUT2D eigenvalue weighted by atomic mass is 9.86. The van der Waals surface area contributed by atoms with Crippen LogP contribution in [-0.4, -0.2) is 168 Å². The van der Waals surface area contributed by atoms with E-state index in [1.807, 2.05) is 79.8 Å². The SMILES string of the molecule is CN1COc2c(cc(F)c(F)c2F)C1.CN1COc2c(ccc3ccccc23)C1.CN1COc2ccc(-c3ccccc3)cc2C1.CN1COc2ccc(C(C)(C)C)cc2C1.CN1COc2ccc(Oc3ccccc3)cc2C1.CN1COc2ccccc2C1.Cc1cc2c(c(C(F)(F)F)c1)CN(C)CO2.Cc1ccc2c(c1)CN(C)CO2.Cc1ccc2c(c1)CN(C)CO2. The van der Waals surface area contributed by atoms with Crippen molar-refractivity contribution in [2.24, 2.45) is 0 Å². The summed E-state index contributed by atoms with van der Waals surface area (Å²) in [5.41, 5.74) is 16.1. The second-order valence-corrected chi connectivity index (χ2v) is 35.4. The first kappa shape index (κ1) is 95.7. The van der Waals surface area contributed by atoms with Crippen LogP contribution in [0, 0.1) is 38.2 Å². The molecule has 0 saturated carbocycles. The van der Waals surface area contributed by atoms with Crippen LogP contribution in [0.2, 0.25) is 0 Å². The molecule has 0 amide bonds. The number of halogens is 6. The average molecular weight is 1780 g/mol. The number of para-hydroxylation sites is 2. The van der Waals surface area contributed by atoms with Gasteiger partial charge in [-0.15, -0.1) is 0 Å². The molecule has 12 aromatic rings. The van der Waals surface area contributed by atoms with Gasteiger partial charge in [-0.25, -0.2) is 8.78 Å². The summed E-state index contributed by atoms with van der Waals surface area (Å²) in [5.74, 6) is 5.15. The summed E-state index contributed by atoms with van der Waals surface area (Å²) in [7, 11) is 17.9. The molecule has 12 aromatic carbocycles. The van der Waals surface area contributed by atoms with Crippen LogP contribution in [-0.2, 0) is 70.5 Å². The molecule has 0 unspecified atom stereocenters. The predicted molar refractivity (Wildman–Crippen MR) is 498 cm³/mol. The minimum atomic E-state index is -4.32. The Kier molecular flexibility index (Phi) is 32.5. The summed E-state index contributed by atoms with van der Waals surface area (Å²) in [6.45, 7) is 25.3. The lowest BCUT2D eigenvalue weighted by molar-refractivity contribution is -0.139. The fourth-order valence-corrected chi connectivity index (χ4v) is 15.6. The highest BCUT2D eigenvalue weighted by molar-refractivity contribution is 5.89. The zero-order valence-electron chi connectivity index (χ0n) is 77.0. The molecule has 9 aliphatic rings. The van der Waals surface area contributed by atoms with E-state index < -0.39 is 29.2 Å². The smallest absolute Gasteiger partial charge is 0.416 e. The molecule has 9 heterocycles. The number of alkyl halides is 3. The maximum atomic E-state index is 13.1. The summed E-state index contributed by atoms with van der Waals surface area (Å²) in [4.78, 5) is 18.5. The third-order valence-electron chi connectivity index (χ3n) is 22.2. The number of ether oxygens (including phenoxy) is 10. The van der Waals surface area contributed by atoms with Crippen molar-refractivity contribution >= 4 is 10.8 Å². The second-order valence-electron chi connectivity index (χ2n) is 35.4. The highest BCUT2D eigenvalue weighted by Crippen LogP contribution is 2.41. The van der Waals surface area contributed by atoms with Gasteiger partial charge in [-0.2, -0.15) is 17.6 Å². The molecule has 0 N–H and O–H groups in total. The first-order valence-corrected chi connectivity index (χ1v) is 43.4. The van der Waals surface area contributed by atoms with Crippen LogP contribution in [0.15, 0.2) is 231 Å². The molecule has 25 heteroatoms. The molecule has 0 fully saturated rings. The highest BCUT2D eigenvalue weighted by atomic mass is 19.4. The first-order valence-electron chi connectivity index (χ1n) is 43.4. The molecule has 9 aliphatic heterocycles. The van der Waals surface area contributed by atoms with Gasteiger partial charge in [0.25, 0.3) is 0 Å². The molecule has 19 nitrogen and oxygen atoms in total. The minimum Gasteiger partial charge on any atom is -0.478 e. The van der Waals surface area contributed by atoms with E-state index in [0.717, 1.165) is 109 Å². The van der Waals surface area contributed by atoms with Gasteiger partial charge in [0.15, 0.2) is 17.4 Å². The zero-order chi connectivity index (χ0) is 92.3. The maximum Gasteiger partial charge on any atom is 0.416 e. The van der Waals surface area contributed by atoms with Crippen molar-refractivity contribution in [1.82, 2.24) is 44.1 Å². The highest BCUT2D eigenvalue weighted by Gasteiger charge is 2.37. The van der Waals surface area contributed by atoms with E-state index in [9.17, 15) is 26.3 Å². The van der Waals surface area contributed by atoms with Gasteiger partial charge in [0, 0.05) is 114 Å². The topological polar surface area (TPSA) is 121 Å². The van der Waals surface area contributed by atoms with Crippen LogP contribution >= 0.6 is 0 Å². The Bertz CT molecular complexity index is 5730. The number of fused-ring (bicyclic) bond motifs is 11. The van der Waals surface area contributed by atoms with E-state index in [-0.39, 0.29) is 30.0 Å². The van der Waals surface area contributed by atoms with E-state index >= 15 is 0 Å². The quantitative estimate of drug-likeness (QED) is 0.123. The summed E-state index contributed by atoms with van der Waals surface area (Å²) < 4.78 is 132. The van der Waals surface area contributed by atoms with Gasteiger partial charge in [-0.3, -0.25) is 44.1 Å². The Hall–Kier alpha value is -11.9. The number of benzene rings is 12. The molecule has 686 valence electrons. The fraction of sp³-hybridized carbons (Fsp3) is 0.333. The molecule has 0 bridgehead atoms. The summed E-state index contributed by atoms with van der Waals surface area (Å²) in [6.07, 6.45) is -4.32. The molecular formula is C105H119F6N9O10. The molecule has 21 rings (SSSR count). The average Bonchev–Trinajstić information content (AvgIpc) is 0.816. The standard InChI is InChI=1S/C15H15NO2.C15H15NO.C13H13NO.C13H19NO.C11H12F3NO.2C10H13NO.C9H8F3NO.C9H11NO/c1-16-10-12-9-14(7-8-15(12)17-11-16)18-13-5-3-2-4-6-13;1-16-10-14-9-13(7-8-15(14)17-11-16)12-5-3-2-4-6-12;1-14-8-11-7-6-10-4-2-3-5-12(10)13(11)15-9-14;1-13(2,3)11-5-6-12-10(7-11)8-14(4)9-15-12;1-7-3-9(11(12,13)14)8-5-15(2)6-16-10(8)4-7;2*1-8-3-4-10-9(5-8)6-11(2)7-12-10;1-13-3-5-2-6(10)7(11)8(12)9(5)14-4-13;1-10-6-8-4-2-3-5-9(8)11-7-10/h2-9H,10-11H2,1H3;2-9H,10-11H2,1H3;2-7H,8-9H2,1H3;5-7H,8-9H2,1-4H3;3-4H,5-6H2,1-2H3;2*3-5H,6-7H2,1-2H3;2H,3-4H2,1H3;2-5H,6-7H2,1H3. The first-order chi connectivity index (χ1) is 62.3. The van der Waals surface area contributed by atoms with Crippen LogP contribution in [0.25, 0.3) is 21.9 Å². The van der Waals surface area contributed by atoms with E-state index in [4.69, 9.17) is 47.4 Å². The summed E-state index contributed by atoms with van der Waals surface area (Å²) >= 11 is 0. The van der Waals surface area contributed by atoms with Gasteiger partial charge >= 0.3 is 6.18 Å². The molecule has 0 spiro atoms. The van der Waals surface area contributed by atoms with Crippen LogP contribution < -0.4 is 47.4 Å². The lowest BCUT2D eigenvalue weighted by Crippen LogP contribution is -2.30. The Morgan fingerprint density at radius 3 is 1.23 bits per heavy atom. The Morgan fingerprint density at radius 1 is 0.285 bits per heavy atom. The van der Waals surface area contributed by atoms with Crippen molar-refractivity contribution < 1.29 is 73.7 Å². The van der Waals surface area contributed by atoms with Crippen molar-refractivity contribution in [1.29, 1.82) is 0 Å². The lowest BCUT2D eigenvalue weighted by Gasteiger charge is -2.28. The van der Waals surface area contributed by atoms with Gasteiger partial charge in [0.05, 0.1) is 5.56 Å². The molecule has 0 saturated heterocycles. The second kappa shape index (κ2) is 44.2. The summed E-state index contributed by atoms with van der Waals surface area (Å²) in [6, 6.07) is 76.4. The molecular weight excluding hydrogens is 1660 g/mol. The van der Waals surface area contributed by atoms with Crippen molar-refractivity contribution in [2.45, 2.75) is 112 Å². The van der Waals surface area contributed by atoms with Crippen molar-refractivity contribution in [3.8, 4) is 74.4 Å². The van der Waals surface area contributed by atoms with Crippen molar-refractivity contribution in [2.75, 3.05) is 124 Å². The normalized spacial score (nSPS) is 16.2. The predicted octanol–water partition coefficient (Wildman–Crippen LogP) is 21.5. The van der Waals surface area contributed by atoms with Crippen LogP contribution in [0.4, 0.5) is 26.3 Å². The van der Waals surface area contributed by atoms with Crippen LogP contribution in [0.5, 0.6) is 63.2 Å². The fourth-order valence-electron chi connectivity index (χ4n) is 15.6. The van der Waals surface area contributed by atoms with E-state index in [0.29, 0.717) is 77.3 Å². The summed E-state index contributed by atoms with van der Waals surface area (Å²) in [5, 5.41) is 2.48. The Morgan fingerprint density at radius 2 is 0.692 bits per heavy atom. The van der Waals surface area contributed by atoms with E-state index in [1.54, 1.807) is 36.9 Å². The third-order valence-corrected chi connectivity index (χ3v) is 22.2. The van der Waals surface area contributed by atoms with Crippen LogP contribution in [0.1, 0.15) is 98.7 Å². The molecule has 130 heavy (non-hydrogen) atoms. The van der Waals surface area contributed by atoms with E-state index in [1.165, 1.54) is 78.0 Å². The Labute approximate surface area is 760 Å². The molecule has 0 aliphatic carbocycles. The largest absolute Gasteiger partial charge is 0.478 e. The van der Waals surface area contributed by atoms with Gasteiger partial charge in [0.2, 0.25) is 5.82 Å². The van der Waals surface area contributed by atoms with Gasteiger partial charge in [0.1, 0.15) is 118 Å². The monoisotopic (exact) mass is 1780 g/mol. The molecule has 0 radical (unpaired) electrons. The number of aryl methyl sites for hydroxylation is 3. The Balaban J connectivity index is 0.000000125. The minimum absolute atomic E-state index is 0.176. The van der Waals surface area contributed by atoms with Gasteiger partial charge in [-0.1, -0.05) is 177 Å². The van der Waals surface area contributed by atoms with Gasteiger partial charge in [-0.05, 0) is 202 Å². The van der Waals surface area contributed by atoms with Crippen molar-refractivity contribution in [3.63, 3.8) is 0 Å². The third kappa shape index (κ3) is 26.5. The van der Waals surface area contributed by atoms with Crippen LogP contribution in [0.3, 0.4) is 0 Å². The maximum absolute atomic E-state index is 13.1. The zero-order valence-corrected chi connectivity index (χ0v) is 77.0.